The minimum absolute atomic E-state index is 0.0486. The Morgan fingerprint density at radius 3 is 2.33 bits per heavy atom. The first-order chi connectivity index (χ1) is 24.1. The molecule has 1 aliphatic rings. The van der Waals surface area contributed by atoms with Crippen molar-refractivity contribution in [2.75, 3.05) is 20.6 Å². The highest BCUT2D eigenvalue weighted by Gasteiger charge is 2.37. The van der Waals surface area contributed by atoms with Crippen molar-refractivity contribution in [1.82, 2.24) is 25.4 Å². The highest BCUT2D eigenvalue weighted by molar-refractivity contribution is 7.09. The van der Waals surface area contributed by atoms with E-state index >= 15 is 0 Å². The number of carboxylic acids is 1. The summed E-state index contributed by atoms with van der Waals surface area (Å²) in [6.45, 7) is 11.7. The molecule has 13 heteroatoms. The minimum Gasteiger partial charge on any atom is -0.481 e. The third kappa shape index (κ3) is 12.1. The van der Waals surface area contributed by atoms with E-state index in [2.05, 4.69) is 15.6 Å². The summed E-state index contributed by atoms with van der Waals surface area (Å²) >= 11 is 1.18. The van der Waals surface area contributed by atoms with Crippen LogP contribution in [0.15, 0.2) is 35.7 Å². The molecule has 1 aliphatic heterocycles. The van der Waals surface area contributed by atoms with Gasteiger partial charge in [-0.2, -0.15) is 0 Å². The number of aliphatic carboxylic acids is 1. The highest BCUT2D eigenvalue weighted by Crippen LogP contribution is 2.31. The number of hydrogen-bond acceptors (Lipinski definition) is 9. The second kappa shape index (κ2) is 19.7. The molecule has 3 N–H and O–H groups in total. The van der Waals surface area contributed by atoms with E-state index < -0.39 is 48.0 Å². The van der Waals surface area contributed by atoms with Crippen LogP contribution in [-0.2, 0) is 30.3 Å². The summed E-state index contributed by atoms with van der Waals surface area (Å²) in [4.78, 5) is 73.3. The average molecular weight is 728 g/mol. The van der Waals surface area contributed by atoms with Crippen molar-refractivity contribution in [3.05, 3.63) is 52.0 Å². The zero-order valence-electron chi connectivity index (χ0n) is 31.4. The lowest BCUT2D eigenvalue weighted by molar-refractivity contribution is -0.149. The molecule has 1 aromatic carbocycles. The molecule has 0 saturated carbocycles. The summed E-state index contributed by atoms with van der Waals surface area (Å²) in [5, 5.41) is 17.6. The first-order valence-corrected chi connectivity index (χ1v) is 19.0. The van der Waals surface area contributed by atoms with Gasteiger partial charge in [0.25, 0.3) is 5.91 Å². The van der Waals surface area contributed by atoms with Crippen LogP contribution in [0, 0.1) is 17.8 Å². The monoisotopic (exact) mass is 727 g/mol. The van der Waals surface area contributed by atoms with Crippen molar-refractivity contribution < 1.29 is 33.8 Å². The molecule has 0 radical (unpaired) electrons. The van der Waals surface area contributed by atoms with Crippen molar-refractivity contribution >= 4 is 41.0 Å². The molecule has 2 heterocycles. The first kappa shape index (κ1) is 41.6. The van der Waals surface area contributed by atoms with Gasteiger partial charge in [-0.05, 0) is 56.7 Å². The highest BCUT2D eigenvalue weighted by atomic mass is 32.1. The number of benzene rings is 1. The molecular formula is C38H57N5O7S. The normalized spacial score (nSPS) is 18.5. The summed E-state index contributed by atoms with van der Waals surface area (Å²) in [5.74, 6) is -3.11. The molecule has 3 amide bonds. The smallest absolute Gasteiger partial charge is 0.306 e. The lowest BCUT2D eigenvalue weighted by Gasteiger charge is -2.38. The van der Waals surface area contributed by atoms with Crippen LogP contribution in [0.2, 0.25) is 0 Å². The Hall–Kier alpha value is -3.84. The van der Waals surface area contributed by atoms with E-state index in [1.165, 1.54) is 18.3 Å². The number of carbonyl (C=O) groups excluding carboxylic acids is 4. The quantitative estimate of drug-likeness (QED) is 0.178. The first-order valence-electron chi connectivity index (χ1n) is 18.1. The molecule has 51 heavy (non-hydrogen) atoms. The molecule has 12 nitrogen and oxygen atoms in total. The Bertz CT molecular complexity index is 1470. The van der Waals surface area contributed by atoms with Crippen molar-refractivity contribution in [2.24, 2.45) is 17.8 Å². The topological polar surface area (TPSA) is 158 Å². The maximum Gasteiger partial charge on any atom is 0.306 e. The fourth-order valence-electron chi connectivity index (χ4n) is 6.64. The number of likely N-dealkylation sites (tertiary alicyclic amines) is 1. The van der Waals surface area contributed by atoms with Gasteiger partial charge in [0, 0.05) is 37.9 Å². The number of esters is 1. The number of nitrogens with zero attached hydrogens (tertiary/aromatic N) is 3. The van der Waals surface area contributed by atoms with Crippen molar-refractivity contribution in [1.29, 1.82) is 0 Å². The summed E-state index contributed by atoms with van der Waals surface area (Å²) in [5.41, 5.74) is 1.09. The number of carboxylic acid groups (broad SMARTS) is 1. The predicted octanol–water partition coefficient (Wildman–Crippen LogP) is 5.09. The number of thiazole rings is 1. The standard InChI is InChI=1S/C38H57N5O7S/c1-9-24(4)33(41-35(46)30-17-13-14-18-42(30)7)37(47)43(8)31(23(2)3)21-32(50-26(6)44)36-40-29(22-51-36)34(45)39-28(19-25(5)38(48)49)20-27-15-11-10-12-16-27/h10-12,15-16,22-25,28,30-33H,9,13-14,17-21H2,1-8H3,(H,39,45)(H,41,46)(H,48,49)/t24-,25-,28-,30+,31-,32-,33-/m1/s1. The minimum atomic E-state index is -0.944. The predicted molar refractivity (Wildman–Crippen MR) is 197 cm³/mol. The molecule has 2 aromatic rings. The van der Waals surface area contributed by atoms with E-state index in [9.17, 15) is 29.1 Å². The van der Waals surface area contributed by atoms with Crippen molar-refractivity contribution in [3.63, 3.8) is 0 Å². The Kier molecular flexibility index (Phi) is 16.0. The Morgan fingerprint density at radius 1 is 1.06 bits per heavy atom. The third-order valence-electron chi connectivity index (χ3n) is 9.98. The van der Waals surface area contributed by atoms with Gasteiger partial charge in [-0.25, -0.2) is 4.98 Å². The van der Waals surface area contributed by atoms with E-state index in [0.29, 0.717) is 17.8 Å². The summed E-state index contributed by atoms with van der Waals surface area (Å²) in [7, 11) is 3.66. The van der Waals surface area contributed by atoms with Crippen molar-refractivity contribution in [3.8, 4) is 0 Å². The van der Waals surface area contributed by atoms with Gasteiger partial charge >= 0.3 is 11.9 Å². The Balaban J connectivity index is 1.81. The van der Waals surface area contributed by atoms with Gasteiger partial charge in [-0.3, -0.25) is 28.9 Å². The fraction of sp³-hybridized carbons (Fsp3) is 0.632. The van der Waals surface area contributed by atoms with Gasteiger partial charge in [0.05, 0.1) is 12.0 Å². The maximum absolute atomic E-state index is 14.2. The molecule has 1 saturated heterocycles. The van der Waals surface area contributed by atoms with Gasteiger partial charge in [0.15, 0.2) is 6.10 Å². The summed E-state index contributed by atoms with van der Waals surface area (Å²) in [6, 6.07) is 7.68. The lowest BCUT2D eigenvalue weighted by Crippen LogP contribution is -2.58. The number of nitrogens with one attached hydrogen (secondary N) is 2. The molecule has 0 unspecified atom stereocenters. The largest absolute Gasteiger partial charge is 0.481 e. The van der Waals surface area contributed by atoms with Crippen LogP contribution in [0.25, 0.3) is 0 Å². The number of ether oxygens (including phenoxy) is 1. The number of likely N-dealkylation sites (N-methyl/N-ethyl adjacent to an activating group) is 2. The number of carbonyl (C=O) groups is 5. The van der Waals surface area contributed by atoms with Gasteiger partial charge in [-0.15, -0.1) is 11.3 Å². The van der Waals surface area contributed by atoms with Crippen LogP contribution in [0.3, 0.4) is 0 Å². The zero-order chi connectivity index (χ0) is 37.8. The summed E-state index contributed by atoms with van der Waals surface area (Å²) < 4.78 is 5.76. The molecule has 7 atom stereocenters. The molecule has 1 fully saturated rings. The van der Waals surface area contributed by atoms with E-state index in [1.807, 2.05) is 70.0 Å². The second-order valence-electron chi connectivity index (χ2n) is 14.4. The maximum atomic E-state index is 14.2. The average Bonchev–Trinajstić information content (AvgIpc) is 3.59. The second-order valence-corrected chi connectivity index (χ2v) is 15.3. The number of hydrogen-bond donors (Lipinski definition) is 3. The van der Waals surface area contributed by atoms with Gasteiger partial charge < -0.3 is 25.4 Å². The van der Waals surface area contributed by atoms with Crippen molar-refractivity contribution in [2.45, 2.75) is 117 Å². The van der Waals surface area contributed by atoms with E-state index in [1.54, 1.807) is 24.3 Å². The molecular weight excluding hydrogens is 671 g/mol. The van der Waals surface area contributed by atoms with E-state index in [-0.39, 0.29) is 48.2 Å². The molecule has 3 rings (SSSR count). The number of aromatic nitrogens is 1. The van der Waals surface area contributed by atoms with Crippen LogP contribution < -0.4 is 10.6 Å². The zero-order valence-corrected chi connectivity index (χ0v) is 32.2. The van der Waals surface area contributed by atoms with Gasteiger partial charge in [-0.1, -0.05) is 77.8 Å². The van der Waals surface area contributed by atoms with Gasteiger partial charge in [0.1, 0.15) is 16.7 Å². The molecule has 0 aliphatic carbocycles. The number of amides is 3. The third-order valence-corrected chi connectivity index (χ3v) is 10.9. The van der Waals surface area contributed by atoms with Gasteiger partial charge in [0.2, 0.25) is 11.8 Å². The van der Waals surface area contributed by atoms with E-state index in [0.717, 1.165) is 31.4 Å². The molecule has 1 aromatic heterocycles. The molecule has 0 spiro atoms. The fourth-order valence-corrected chi connectivity index (χ4v) is 7.48. The number of piperidine rings is 1. The number of rotatable bonds is 18. The van der Waals surface area contributed by atoms with Crippen LogP contribution in [0.5, 0.6) is 0 Å². The summed E-state index contributed by atoms with van der Waals surface area (Å²) in [6.07, 6.45) is 3.53. The molecule has 282 valence electrons. The van der Waals surface area contributed by atoms with Crippen LogP contribution >= 0.6 is 11.3 Å². The SMILES string of the molecule is CC[C@@H](C)[C@@H](NC(=O)[C@@H]1CCCCN1C)C(=O)N(C)[C@H](C[C@@H](OC(C)=O)c1nc(C(=O)N[C@@H](Cc2ccccc2)C[C@@H](C)C(=O)O)cs1)C(C)C. The Morgan fingerprint density at radius 2 is 1.75 bits per heavy atom. The van der Waals surface area contributed by atoms with Crippen LogP contribution in [0.4, 0.5) is 0 Å². The van der Waals surface area contributed by atoms with Crippen LogP contribution in [-0.4, -0.2) is 94.4 Å². The lowest BCUT2D eigenvalue weighted by atomic mass is 9.92. The van der Waals surface area contributed by atoms with Crippen LogP contribution in [0.1, 0.15) is 107 Å². The molecule has 0 bridgehead atoms. The Labute approximate surface area is 306 Å². The van der Waals surface area contributed by atoms with E-state index in [4.69, 9.17) is 4.74 Å².